The molecule has 3 rings (SSSR count). The van der Waals surface area contributed by atoms with E-state index in [-0.39, 0.29) is 24.4 Å². The van der Waals surface area contributed by atoms with Crippen LogP contribution in [0.1, 0.15) is 12.0 Å². The number of benzene rings is 2. The van der Waals surface area contributed by atoms with Gasteiger partial charge >= 0.3 is 6.03 Å². The number of urea groups is 1. The van der Waals surface area contributed by atoms with Gasteiger partial charge in [-0.05, 0) is 29.8 Å². The lowest BCUT2D eigenvalue weighted by Gasteiger charge is -2.18. The van der Waals surface area contributed by atoms with Crippen LogP contribution in [0.25, 0.3) is 0 Å². The van der Waals surface area contributed by atoms with Crippen molar-refractivity contribution in [2.45, 2.75) is 19.0 Å². The summed E-state index contributed by atoms with van der Waals surface area (Å²) in [4.78, 5) is 26.0. The minimum absolute atomic E-state index is 0.0266. The maximum absolute atomic E-state index is 12.3. The van der Waals surface area contributed by atoms with Crippen molar-refractivity contribution in [2.75, 3.05) is 18.6 Å². The van der Waals surface area contributed by atoms with E-state index in [4.69, 9.17) is 16.3 Å². The third-order valence-electron chi connectivity index (χ3n) is 4.19. The Balaban J connectivity index is 1.53. The maximum atomic E-state index is 12.3. The molecule has 136 valence electrons. The molecule has 1 heterocycles. The van der Waals surface area contributed by atoms with Gasteiger partial charge in [-0.2, -0.15) is 0 Å². The predicted octanol–water partition coefficient (Wildman–Crippen LogP) is 2.95. The third-order valence-corrected chi connectivity index (χ3v) is 4.44. The summed E-state index contributed by atoms with van der Waals surface area (Å²) in [5, 5.41) is 6.29. The summed E-state index contributed by atoms with van der Waals surface area (Å²) in [5.74, 6) is 0.661. The summed E-state index contributed by atoms with van der Waals surface area (Å²) in [6, 6.07) is 14.0. The first-order valence-corrected chi connectivity index (χ1v) is 8.66. The normalized spacial score (nSPS) is 16.5. The largest absolute Gasteiger partial charge is 0.497 e. The molecule has 3 amide bonds. The van der Waals surface area contributed by atoms with Gasteiger partial charge < -0.3 is 20.3 Å². The Morgan fingerprint density at radius 2 is 2.04 bits per heavy atom. The SMILES string of the molecule is COc1cccc(N2C[C@@H](NC(=O)NCc3ccc(Cl)cc3)CC2=O)c1. The average Bonchev–Trinajstić information content (AvgIpc) is 3.01. The fourth-order valence-electron chi connectivity index (χ4n) is 2.85. The van der Waals surface area contributed by atoms with Crippen molar-refractivity contribution < 1.29 is 14.3 Å². The molecular weight excluding hydrogens is 354 g/mol. The van der Waals surface area contributed by atoms with E-state index in [2.05, 4.69) is 10.6 Å². The lowest BCUT2D eigenvalue weighted by molar-refractivity contribution is -0.117. The molecule has 1 fully saturated rings. The Labute approximate surface area is 157 Å². The lowest BCUT2D eigenvalue weighted by atomic mass is 10.2. The van der Waals surface area contributed by atoms with Crippen LogP contribution in [0.2, 0.25) is 5.02 Å². The molecule has 0 bridgehead atoms. The van der Waals surface area contributed by atoms with Crippen molar-refractivity contribution in [3.05, 3.63) is 59.1 Å². The molecule has 0 unspecified atom stereocenters. The molecular formula is C19H20ClN3O3. The number of methoxy groups -OCH3 is 1. The molecule has 2 aromatic carbocycles. The number of nitrogens with one attached hydrogen (secondary N) is 2. The van der Waals surface area contributed by atoms with Crippen LogP contribution >= 0.6 is 11.6 Å². The molecule has 0 saturated carbocycles. The highest BCUT2D eigenvalue weighted by atomic mass is 35.5. The molecule has 0 aliphatic carbocycles. The number of amides is 3. The minimum atomic E-state index is -0.301. The summed E-state index contributed by atoms with van der Waals surface area (Å²) < 4.78 is 5.20. The van der Waals surface area contributed by atoms with Crippen LogP contribution in [0.15, 0.2) is 48.5 Å². The molecule has 7 heteroatoms. The van der Waals surface area contributed by atoms with Crippen LogP contribution in [0, 0.1) is 0 Å². The number of hydrogen-bond donors (Lipinski definition) is 2. The second-order valence-electron chi connectivity index (χ2n) is 6.06. The summed E-state index contributed by atoms with van der Waals surface area (Å²) >= 11 is 5.84. The minimum Gasteiger partial charge on any atom is -0.497 e. The topological polar surface area (TPSA) is 70.7 Å². The molecule has 0 aromatic heterocycles. The van der Waals surface area contributed by atoms with E-state index in [9.17, 15) is 9.59 Å². The molecule has 0 radical (unpaired) electrons. The first-order valence-electron chi connectivity index (χ1n) is 8.28. The van der Waals surface area contributed by atoms with E-state index in [1.54, 1.807) is 30.2 Å². The molecule has 26 heavy (non-hydrogen) atoms. The Kier molecular flexibility index (Phi) is 5.63. The smallest absolute Gasteiger partial charge is 0.315 e. The summed E-state index contributed by atoms with van der Waals surface area (Å²) in [6.07, 6.45) is 0.269. The van der Waals surface area contributed by atoms with E-state index in [0.717, 1.165) is 11.3 Å². The highest BCUT2D eigenvalue weighted by Gasteiger charge is 2.31. The number of ether oxygens (including phenoxy) is 1. The van der Waals surface area contributed by atoms with Crippen molar-refractivity contribution in [1.82, 2.24) is 10.6 Å². The standard InChI is InChI=1S/C19H20ClN3O3/c1-26-17-4-2-3-16(10-17)23-12-15(9-18(23)24)22-19(25)21-11-13-5-7-14(20)8-6-13/h2-8,10,15H,9,11-12H2,1H3,(H2,21,22,25)/t15-/m0/s1. The first kappa shape index (κ1) is 18.1. The fraction of sp³-hybridized carbons (Fsp3) is 0.263. The van der Waals surface area contributed by atoms with Crippen LogP contribution < -0.4 is 20.3 Å². The molecule has 0 spiro atoms. The molecule has 1 atom stereocenters. The number of rotatable bonds is 5. The average molecular weight is 374 g/mol. The van der Waals surface area contributed by atoms with Gasteiger partial charge in [0.05, 0.1) is 13.2 Å². The van der Waals surface area contributed by atoms with E-state index < -0.39 is 0 Å². The monoisotopic (exact) mass is 373 g/mol. The Bertz CT molecular complexity index is 795. The zero-order valence-electron chi connectivity index (χ0n) is 14.4. The van der Waals surface area contributed by atoms with Gasteiger partial charge in [-0.1, -0.05) is 29.8 Å². The fourth-order valence-corrected chi connectivity index (χ4v) is 2.98. The molecule has 1 saturated heterocycles. The number of hydrogen-bond acceptors (Lipinski definition) is 3. The summed E-state index contributed by atoms with van der Waals surface area (Å²) in [7, 11) is 1.58. The molecule has 1 aliphatic heterocycles. The number of carbonyl (C=O) groups is 2. The van der Waals surface area contributed by atoms with Gasteiger partial charge in [0.2, 0.25) is 5.91 Å². The van der Waals surface area contributed by atoms with Crippen molar-refractivity contribution in [3.63, 3.8) is 0 Å². The van der Waals surface area contributed by atoms with Gasteiger partial charge in [-0.3, -0.25) is 4.79 Å². The van der Waals surface area contributed by atoms with Crippen molar-refractivity contribution >= 4 is 29.2 Å². The number of carbonyl (C=O) groups excluding carboxylic acids is 2. The summed E-state index contributed by atoms with van der Waals surface area (Å²) in [5.41, 5.74) is 1.71. The zero-order valence-corrected chi connectivity index (χ0v) is 15.1. The molecule has 1 aliphatic rings. The van der Waals surface area contributed by atoms with E-state index in [1.807, 2.05) is 30.3 Å². The second-order valence-corrected chi connectivity index (χ2v) is 6.50. The van der Waals surface area contributed by atoms with E-state index in [0.29, 0.717) is 23.9 Å². The predicted molar refractivity (Wildman–Crippen MR) is 101 cm³/mol. The van der Waals surface area contributed by atoms with E-state index in [1.165, 1.54) is 0 Å². The highest BCUT2D eigenvalue weighted by molar-refractivity contribution is 6.30. The number of anilines is 1. The molecule has 6 nitrogen and oxygen atoms in total. The van der Waals surface area contributed by atoms with Crippen LogP contribution in [0.4, 0.5) is 10.5 Å². The first-order chi connectivity index (χ1) is 12.5. The van der Waals surface area contributed by atoms with Crippen LogP contribution in [0.5, 0.6) is 5.75 Å². The highest BCUT2D eigenvalue weighted by Crippen LogP contribution is 2.25. The van der Waals surface area contributed by atoms with Gasteiger partial charge in [-0.15, -0.1) is 0 Å². The maximum Gasteiger partial charge on any atom is 0.315 e. The quantitative estimate of drug-likeness (QED) is 0.846. The zero-order chi connectivity index (χ0) is 18.5. The van der Waals surface area contributed by atoms with Gasteiger partial charge in [0.1, 0.15) is 5.75 Å². The van der Waals surface area contributed by atoms with Gasteiger partial charge in [0.15, 0.2) is 0 Å². The van der Waals surface area contributed by atoms with Gasteiger partial charge in [0.25, 0.3) is 0 Å². The third kappa shape index (κ3) is 4.46. The second kappa shape index (κ2) is 8.10. The molecule has 2 aromatic rings. The Hall–Kier alpha value is -2.73. The van der Waals surface area contributed by atoms with Crippen molar-refractivity contribution in [2.24, 2.45) is 0 Å². The van der Waals surface area contributed by atoms with Gasteiger partial charge in [-0.25, -0.2) is 4.79 Å². The summed E-state index contributed by atoms with van der Waals surface area (Å²) in [6.45, 7) is 0.823. The number of halogens is 1. The molecule has 2 N–H and O–H groups in total. The van der Waals surface area contributed by atoms with Crippen molar-refractivity contribution in [1.29, 1.82) is 0 Å². The van der Waals surface area contributed by atoms with Crippen molar-refractivity contribution in [3.8, 4) is 5.75 Å². The van der Waals surface area contributed by atoms with Crippen LogP contribution in [-0.2, 0) is 11.3 Å². The van der Waals surface area contributed by atoms with Crippen LogP contribution in [-0.4, -0.2) is 31.6 Å². The number of nitrogens with zero attached hydrogens (tertiary/aromatic N) is 1. The van der Waals surface area contributed by atoms with E-state index >= 15 is 0 Å². The van der Waals surface area contributed by atoms with Gasteiger partial charge in [0, 0.05) is 36.3 Å². The Morgan fingerprint density at radius 3 is 2.77 bits per heavy atom. The Morgan fingerprint density at radius 1 is 1.27 bits per heavy atom. The van der Waals surface area contributed by atoms with Crippen LogP contribution in [0.3, 0.4) is 0 Å². The lowest BCUT2D eigenvalue weighted by Crippen LogP contribution is -2.43.